The smallest absolute Gasteiger partial charge is 0.124 e. The highest BCUT2D eigenvalue weighted by Gasteiger charge is 2.26. The second kappa shape index (κ2) is 8.44. The van der Waals surface area contributed by atoms with Gasteiger partial charge in [0.05, 0.1) is 28.6 Å². The lowest BCUT2D eigenvalue weighted by Gasteiger charge is -2.26. The van der Waals surface area contributed by atoms with Crippen LogP contribution >= 0.6 is 11.3 Å². The van der Waals surface area contributed by atoms with E-state index in [1.54, 1.807) is 11.3 Å². The molecule has 0 spiro atoms. The molecule has 5 heterocycles. The number of hydrogen-bond donors (Lipinski definition) is 0. The maximum Gasteiger partial charge on any atom is 0.124 e. The van der Waals surface area contributed by atoms with Gasteiger partial charge < -0.3 is 0 Å². The van der Waals surface area contributed by atoms with Crippen LogP contribution in [0.2, 0.25) is 0 Å². The summed E-state index contributed by atoms with van der Waals surface area (Å²) in [6.07, 6.45) is 1.88. The summed E-state index contributed by atoms with van der Waals surface area (Å²) >= 11 is 1.75. The number of aromatic nitrogens is 4. The molecule has 0 bridgehead atoms. The number of rotatable bonds is 3. The van der Waals surface area contributed by atoms with Gasteiger partial charge >= 0.3 is 0 Å². The van der Waals surface area contributed by atoms with E-state index in [1.807, 2.05) is 13.1 Å². The largest absolute Gasteiger partial charge is 0.252 e. The normalized spacial score (nSPS) is 12.4. The van der Waals surface area contributed by atoms with Gasteiger partial charge in [-0.05, 0) is 54.3 Å². The highest BCUT2D eigenvalue weighted by Crippen LogP contribution is 2.40. The first kappa shape index (κ1) is 23.3. The Balaban J connectivity index is 1.29. The van der Waals surface area contributed by atoms with E-state index in [1.165, 1.54) is 37.2 Å². The topological polar surface area (TPSA) is 43.1 Å². The maximum absolute atomic E-state index is 5.28. The number of pyridine rings is 3. The highest BCUT2D eigenvalue weighted by atomic mass is 32.1. The van der Waals surface area contributed by atoms with Crippen molar-refractivity contribution in [1.82, 2.24) is 19.6 Å². The van der Waals surface area contributed by atoms with Crippen molar-refractivity contribution in [1.29, 1.82) is 0 Å². The van der Waals surface area contributed by atoms with E-state index in [4.69, 9.17) is 15.1 Å². The summed E-state index contributed by atoms with van der Waals surface area (Å²) in [5, 5.41) is 10.8. The summed E-state index contributed by atoms with van der Waals surface area (Å²) in [7, 11) is 0. The molecule has 5 aromatic heterocycles. The third kappa shape index (κ3) is 3.34. The summed E-state index contributed by atoms with van der Waals surface area (Å²) in [6.45, 7) is 6.56. The van der Waals surface area contributed by atoms with Crippen LogP contribution in [0.5, 0.6) is 0 Å². The zero-order valence-corrected chi connectivity index (χ0v) is 23.3. The van der Waals surface area contributed by atoms with E-state index in [9.17, 15) is 0 Å². The van der Waals surface area contributed by atoms with Crippen LogP contribution in [0.1, 0.15) is 30.8 Å². The molecule has 0 saturated heterocycles. The third-order valence-electron chi connectivity index (χ3n) is 8.25. The van der Waals surface area contributed by atoms with Gasteiger partial charge in [0.25, 0.3) is 0 Å². The minimum absolute atomic E-state index is 0.317. The number of aryl methyl sites for hydroxylation is 1. The molecule has 5 heteroatoms. The van der Waals surface area contributed by atoms with Crippen molar-refractivity contribution in [3.8, 4) is 11.3 Å². The van der Waals surface area contributed by atoms with Crippen LogP contribution in [0.25, 0.3) is 58.8 Å². The lowest BCUT2D eigenvalue weighted by atomic mass is 9.80. The molecule has 40 heavy (non-hydrogen) atoms. The number of nitrogens with zero attached hydrogens (tertiary/aromatic N) is 4. The van der Waals surface area contributed by atoms with Crippen molar-refractivity contribution in [2.24, 2.45) is 0 Å². The van der Waals surface area contributed by atoms with Crippen LogP contribution in [0.4, 0.5) is 0 Å². The van der Waals surface area contributed by atoms with Gasteiger partial charge in [0, 0.05) is 42.9 Å². The molecule has 0 atom stereocenters. The Labute approximate surface area is 235 Å². The van der Waals surface area contributed by atoms with E-state index >= 15 is 0 Å². The third-order valence-corrected chi connectivity index (χ3v) is 9.40. The number of fused-ring (bicyclic) bond motifs is 9. The van der Waals surface area contributed by atoms with Crippen LogP contribution < -0.4 is 0 Å². The molecule has 0 aliphatic heterocycles. The van der Waals surface area contributed by atoms with E-state index in [2.05, 4.69) is 115 Å². The van der Waals surface area contributed by atoms with E-state index in [0.29, 0.717) is 0 Å². The van der Waals surface area contributed by atoms with E-state index < -0.39 is 0 Å². The molecule has 8 aromatic rings. The first-order valence-electron chi connectivity index (χ1n) is 13.5. The SMILES string of the molecule is Cc1ccc2c(n1)sc1c(-c3cccc(C(C)(C)c4ccc5c6ccccc6c6ccnn6c5c4)n3)cccc12. The summed E-state index contributed by atoms with van der Waals surface area (Å²) < 4.78 is 3.30. The van der Waals surface area contributed by atoms with Crippen LogP contribution in [-0.4, -0.2) is 19.6 Å². The highest BCUT2D eigenvalue weighted by molar-refractivity contribution is 7.26. The second-order valence-corrected chi connectivity index (χ2v) is 12.0. The van der Waals surface area contributed by atoms with Gasteiger partial charge in [0.2, 0.25) is 0 Å². The van der Waals surface area contributed by atoms with Gasteiger partial charge in [-0.2, -0.15) is 5.10 Å². The molecule has 0 fully saturated rings. The van der Waals surface area contributed by atoms with Crippen molar-refractivity contribution in [3.05, 3.63) is 120 Å². The lowest BCUT2D eigenvalue weighted by Crippen LogP contribution is -2.21. The molecule has 192 valence electrons. The van der Waals surface area contributed by atoms with Crippen molar-refractivity contribution in [3.63, 3.8) is 0 Å². The molecule has 0 N–H and O–H groups in total. The molecule has 0 unspecified atom stereocenters. The Morgan fingerprint density at radius 1 is 0.675 bits per heavy atom. The Morgan fingerprint density at radius 2 is 1.45 bits per heavy atom. The van der Waals surface area contributed by atoms with E-state index in [0.717, 1.165) is 38.5 Å². The van der Waals surface area contributed by atoms with Crippen molar-refractivity contribution in [2.45, 2.75) is 26.2 Å². The second-order valence-electron chi connectivity index (χ2n) is 11.0. The molecule has 0 saturated carbocycles. The van der Waals surface area contributed by atoms with Crippen molar-refractivity contribution in [2.75, 3.05) is 0 Å². The standard InChI is InChI=1S/C35H26N4S/c1-21-14-16-27-26-10-6-11-28(33(26)40-34(27)37-21)29-12-7-13-32(38-29)35(2,3)22-15-17-25-23-8-4-5-9-24(23)30-18-19-36-39(30)31(25)20-22/h4-20H,1-3H3. The average Bonchev–Trinajstić information content (AvgIpc) is 3.62. The Kier molecular flexibility index (Phi) is 4.92. The summed E-state index contributed by atoms with van der Waals surface area (Å²) in [5.74, 6) is 0. The molecule has 0 radical (unpaired) electrons. The number of thiophene rings is 1. The Bertz CT molecular complexity index is 2270. The zero-order valence-electron chi connectivity index (χ0n) is 22.5. The van der Waals surface area contributed by atoms with Gasteiger partial charge in [-0.3, -0.25) is 4.98 Å². The molecule has 8 rings (SSSR count). The van der Waals surface area contributed by atoms with Crippen molar-refractivity contribution >= 4 is 58.8 Å². The first-order chi connectivity index (χ1) is 19.5. The first-order valence-corrected chi connectivity index (χ1v) is 14.4. The van der Waals surface area contributed by atoms with Gasteiger partial charge in [-0.1, -0.05) is 74.5 Å². The van der Waals surface area contributed by atoms with Crippen LogP contribution in [0.3, 0.4) is 0 Å². The number of benzene rings is 3. The predicted molar refractivity (Wildman–Crippen MR) is 167 cm³/mol. The Morgan fingerprint density at radius 3 is 2.35 bits per heavy atom. The lowest BCUT2D eigenvalue weighted by molar-refractivity contribution is 0.618. The van der Waals surface area contributed by atoms with Gasteiger partial charge in [0.1, 0.15) is 4.83 Å². The average molecular weight is 535 g/mol. The molecular formula is C35H26N4S. The Hall–Kier alpha value is -4.61. The minimum atomic E-state index is -0.317. The molecule has 4 nitrogen and oxygen atoms in total. The monoisotopic (exact) mass is 534 g/mol. The van der Waals surface area contributed by atoms with Gasteiger partial charge in [-0.15, -0.1) is 11.3 Å². The summed E-state index contributed by atoms with van der Waals surface area (Å²) in [5.41, 5.74) is 7.34. The van der Waals surface area contributed by atoms with Gasteiger partial charge in [-0.25, -0.2) is 9.50 Å². The van der Waals surface area contributed by atoms with Crippen molar-refractivity contribution < 1.29 is 0 Å². The molecule has 0 amide bonds. The molecule has 3 aromatic carbocycles. The molecular weight excluding hydrogens is 508 g/mol. The molecule has 0 aliphatic carbocycles. The fourth-order valence-corrected chi connectivity index (χ4v) is 7.26. The zero-order chi connectivity index (χ0) is 27.0. The molecule has 0 aliphatic rings. The predicted octanol–water partition coefficient (Wildman–Crippen LogP) is 9.10. The van der Waals surface area contributed by atoms with E-state index in [-0.39, 0.29) is 5.41 Å². The van der Waals surface area contributed by atoms with Crippen LogP contribution in [-0.2, 0) is 5.41 Å². The van der Waals surface area contributed by atoms with Gasteiger partial charge in [0.15, 0.2) is 0 Å². The fraction of sp³-hybridized carbons (Fsp3) is 0.114. The maximum atomic E-state index is 5.28. The minimum Gasteiger partial charge on any atom is -0.252 e. The quantitative estimate of drug-likeness (QED) is 0.212. The van der Waals surface area contributed by atoms with Crippen LogP contribution in [0, 0.1) is 6.92 Å². The summed E-state index contributed by atoms with van der Waals surface area (Å²) in [6, 6.07) is 34.6. The van der Waals surface area contributed by atoms with Crippen LogP contribution in [0.15, 0.2) is 103 Å². The fourth-order valence-electron chi connectivity index (χ4n) is 6.02. The number of hydrogen-bond acceptors (Lipinski definition) is 4. The summed E-state index contributed by atoms with van der Waals surface area (Å²) in [4.78, 5) is 11.1.